The molecule has 0 spiro atoms. The number of aromatic nitrogens is 2. The number of piperidine rings is 1. The summed E-state index contributed by atoms with van der Waals surface area (Å²) >= 11 is 0. The summed E-state index contributed by atoms with van der Waals surface area (Å²) in [7, 11) is 1.98. The molecule has 4 nitrogen and oxygen atoms in total. The highest BCUT2D eigenvalue weighted by molar-refractivity contribution is 5.85. The molecule has 1 aromatic heterocycles. The van der Waals surface area contributed by atoms with Crippen LogP contribution in [-0.2, 0) is 13.6 Å². The summed E-state index contributed by atoms with van der Waals surface area (Å²) in [5.74, 6) is 0.274. The van der Waals surface area contributed by atoms with Crippen LogP contribution in [0.5, 0.6) is 0 Å². The highest BCUT2D eigenvalue weighted by atomic mass is 35.5. The molecule has 0 amide bonds. The number of benzene rings is 1. The molecule has 0 bridgehead atoms. The minimum atomic E-state index is -0.173. The Morgan fingerprint density at radius 3 is 2.44 bits per heavy atom. The Morgan fingerprint density at radius 2 is 1.84 bits per heavy atom. The molecule has 25 heavy (non-hydrogen) atoms. The quantitative estimate of drug-likeness (QED) is 0.872. The molecule has 1 N–H and O–H groups in total. The lowest BCUT2D eigenvalue weighted by molar-refractivity contribution is 0.413. The van der Waals surface area contributed by atoms with E-state index in [0.29, 0.717) is 12.0 Å². The van der Waals surface area contributed by atoms with Crippen molar-refractivity contribution in [1.29, 1.82) is 0 Å². The van der Waals surface area contributed by atoms with Crippen molar-refractivity contribution in [3.63, 3.8) is 0 Å². The molecule has 0 aliphatic carbocycles. The smallest absolute Gasteiger partial charge is 0.123 e. The number of aryl methyl sites for hydroxylation is 1. The number of nitrogens with zero attached hydrogens (tertiary/aromatic N) is 3. The van der Waals surface area contributed by atoms with E-state index in [1.165, 1.54) is 23.4 Å². The van der Waals surface area contributed by atoms with Gasteiger partial charge >= 0.3 is 0 Å². The van der Waals surface area contributed by atoms with Crippen LogP contribution in [0.4, 0.5) is 10.1 Å². The summed E-state index contributed by atoms with van der Waals surface area (Å²) in [6.45, 7) is 7.27. The maximum atomic E-state index is 13.0. The third-order valence-electron chi connectivity index (χ3n) is 4.75. The van der Waals surface area contributed by atoms with Crippen LogP contribution in [0, 0.1) is 5.82 Å². The Morgan fingerprint density at radius 1 is 1.20 bits per heavy atom. The highest BCUT2D eigenvalue weighted by Crippen LogP contribution is 2.21. The fourth-order valence-electron chi connectivity index (χ4n) is 3.43. The first kappa shape index (κ1) is 19.7. The van der Waals surface area contributed by atoms with Crippen molar-refractivity contribution < 1.29 is 4.39 Å². The predicted octanol–water partition coefficient (Wildman–Crippen LogP) is 3.86. The molecule has 0 saturated carbocycles. The number of halogens is 2. The van der Waals surface area contributed by atoms with Gasteiger partial charge in [-0.3, -0.25) is 4.68 Å². The largest absolute Gasteiger partial charge is 0.371 e. The van der Waals surface area contributed by atoms with Gasteiger partial charge in [-0.1, -0.05) is 13.8 Å². The van der Waals surface area contributed by atoms with E-state index in [9.17, 15) is 4.39 Å². The first-order chi connectivity index (χ1) is 11.5. The zero-order valence-electron chi connectivity index (χ0n) is 15.2. The van der Waals surface area contributed by atoms with Gasteiger partial charge < -0.3 is 10.2 Å². The van der Waals surface area contributed by atoms with E-state index in [0.717, 1.165) is 38.2 Å². The van der Waals surface area contributed by atoms with Gasteiger partial charge in [0, 0.05) is 50.2 Å². The van der Waals surface area contributed by atoms with E-state index in [-0.39, 0.29) is 18.2 Å². The molecule has 1 fully saturated rings. The summed E-state index contributed by atoms with van der Waals surface area (Å²) in [5, 5.41) is 8.26. The molecule has 3 rings (SSSR count). The summed E-state index contributed by atoms with van der Waals surface area (Å²) in [5.41, 5.74) is 3.60. The first-order valence-electron chi connectivity index (χ1n) is 8.79. The maximum Gasteiger partial charge on any atom is 0.123 e. The van der Waals surface area contributed by atoms with Crippen LogP contribution in [0.3, 0.4) is 0 Å². The lowest BCUT2D eigenvalue weighted by atomic mass is 10.0. The number of rotatable bonds is 5. The van der Waals surface area contributed by atoms with Gasteiger partial charge in [-0.15, -0.1) is 12.4 Å². The van der Waals surface area contributed by atoms with Gasteiger partial charge in [-0.2, -0.15) is 5.10 Å². The number of hydrogen-bond donors (Lipinski definition) is 1. The zero-order valence-corrected chi connectivity index (χ0v) is 16.0. The number of nitrogens with one attached hydrogen (secondary N) is 1. The van der Waals surface area contributed by atoms with Gasteiger partial charge in [0.2, 0.25) is 0 Å². The second kappa shape index (κ2) is 8.68. The van der Waals surface area contributed by atoms with Gasteiger partial charge in [-0.25, -0.2) is 4.39 Å². The van der Waals surface area contributed by atoms with Crippen LogP contribution in [0.2, 0.25) is 0 Å². The lowest BCUT2D eigenvalue weighted by Gasteiger charge is -2.34. The Balaban J connectivity index is 0.00000225. The molecular weight excluding hydrogens is 339 g/mol. The molecule has 2 aromatic rings. The summed E-state index contributed by atoms with van der Waals surface area (Å²) in [6, 6.07) is 7.34. The topological polar surface area (TPSA) is 33.1 Å². The van der Waals surface area contributed by atoms with Gasteiger partial charge in [0.25, 0.3) is 0 Å². The van der Waals surface area contributed by atoms with Crippen LogP contribution in [0.25, 0.3) is 0 Å². The van der Waals surface area contributed by atoms with Crippen LogP contribution >= 0.6 is 12.4 Å². The fraction of sp³-hybridized carbons (Fsp3) is 0.526. The average molecular weight is 367 g/mol. The number of anilines is 1. The Labute approximate surface area is 155 Å². The molecular formula is C19H28ClFN4. The summed E-state index contributed by atoms with van der Waals surface area (Å²) in [6.07, 6.45) is 4.33. The average Bonchev–Trinajstić information content (AvgIpc) is 2.95. The van der Waals surface area contributed by atoms with E-state index in [1.807, 2.05) is 23.9 Å². The third-order valence-corrected chi connectivity index (χ3v) is 4.75. The van der Waals surface area contributed by atoms with Crippen LogP contribution in [0.1, 0.15) is 43.9 Å². The van der Waals surface area contributed by atoms with E-state index in [4.69, 9.17) is 0 Å². The van der Waals surface area contributed by atoms with Gasteiger partial charge in [0.05, 0.1) is 5.69 Å². The predicted molar refractivity (Wildman–Crippen MR) is 103 cm³/mol. The molecule has 2 heterocycles. The number of hydrogen-bond acceptors (Lipinski definition) is 3. The zero-order chi connectivity index (χ0) is 17.1. The van der Waals surface area contributed by atoms with Gasteiger partial charge in [0.15, 0.2) is 0 Å². The Hall–Kier alpha value is -1.59. The minimum absolute atomic E-state index is 0. The van der Waals surface area contributed by atoms with E-state index in [2.05, 4.69) is 35.4 Å². The molecule has 0 atom stereocenters. The van der Waals surface area contributed by atoms with E-state index >= 15 is 0 Å². The lowest BCUT2D eigenvalue weighted by Crippen LogP contribution is -2.42. The summed E-state index contributed by atoms with van der Waals surface area (Å²) < 4.78 is 14.9. The molecule has 1 aliphatic rings. The van der Waals surface area contributed by atoms with E-state index < -0.39 is 0 Å². The van der Waals surface area contributed by atoms with Crippen molar-refractivity contribution in [3.8, 4) is 0 Å². The van der Waals surface area contributed by atoms with Gasteiger partial charge in [0.1, 0.15) is 5.82 Å². The molecule has 1 saturated heterocycles. The van der Waals surface area contributed by atoms with Crippen molar-refractivity contribution in [3.05, 3.63) is 47.5 Å². The standard InChI is InChI=1S/C19H27FN4.ClH/c1-14(2)19-15(13-23(3)22-19)12-21-17-8-10-24(11-9-17)18-6-4-16(20)5-7-18;/h4-7,13-14,17,21H,8-12H2,1-3H3;1H. The first-order valence-corrected chi connectivity index (χ1v) is 8.79. The molecule has 0 radical (unpaired) electrons. The second-order valence-electron chi connectivity index (χ2n) is 6.99. The van der Waals surface area contributed by atoms with Crippen LogP contribution in [-0.4, -0.2) is 28.9 Å². The second-order valence-corrected chi connectivity index (χ2v) is 6.99. The maximum absolute atomic E-state index is 13.0. The van der Waals surface area contributed by atoms with Crippen molar-refractivity contribution in [1.82, 2.24) is 15.1 Å². The Kier molecular flexibility index (Phi) is 6.85. The van der Waals surface area contributed by atoms with Crippen molar-refractivity contribution in [2.75, 3.05) is 18.0 Å². The van der Waals surface area contributed by atoms with Crippen LogP contribution in [0.15, 0.2) is 30.5 Å². The Bertz CT molecular complexity index is 661. The van der Waals surface area contributed by atoms with Crippen LogP contribution < -0.4 is 10.2 Å². The van der Waals surface area contributed by atoms with E-state index in [1.54, 1.807) is 0 Å². The van der Waals surface area contributed by atoms with Crippen molar-refractivity contribution >= 4 is 18.1 Å². The SMILES string of the molecule is CC(C)c1nn(C)cc1CNC1CCN(c2ccc(F)cc2)CC1.Cl. The molecule has 6 heteroatoms. The normalized spacial score (nSPS) is 15.5. The summed E-state index contributed by atoms with van der Waals surface area (Å²) in [4.78, 5) is 2.33. The molecule has 1 aromatic carbocycles. The molecule has 1 aliphatic heterocycles. The van der Waals surface area contributed by atoms with Crippen molar-refractivity contribution in [2.24, 2.45) is 7.05 Å². The monoisotopic (exact) mass is 366 g/mol. The third kappa shape index (κ3) is 4.95. The van der Waals surface area contributed by atoms with Crippen molar-refractivity contribution in [2.45, 2.75) is 45.2 Å². The molecule has 0 unspecified atom stereocenters. The highest BCUT2D eigenvalue weighted by Gasteiger charge is 2.20. The van der Waals surface area contributed by atoms with Gasteiger partial charge in [-0.05, 0) is 43.0 Å². The molecule has 138 valence electrons. The minimum Gasteiger partial charge on any atom is -0.371 e. The fourth-order valence-corrected chi connectivity index (χ4v) is 3.43.